The first kappa shape index (κ1) is 16.4. The maximum absolute atomic E-state index is 11.5. The molecule has 0 saturated carbocycles. The van der Waals surface area contributed by atoms with Crippen molar-refractivity contribution in [3.05, 3.63) is 0 Å². The van der Waals surface area contributed by atoms with Crippen molar-refractivity contribution in [2.24, 2.45) is 5.73 Å². The highest BCUT2D eigenvalue weighted by atomic mass is 32.2. The van der Waals surface area contributed by atoms with E-state index in [1.165, 1.54) is 0 Å². The standard InChI is InChI=1S/C11H24N2O3S/c1-3-4-5-6-8-13-11(14)10(12)7-9-17(2,15)16/h10H,3-9,12H2,1-2H3,(H,13,14). The van der Waals surface area contributed by atoms with Gasteiger partial charge in [-0.15, -0.1) is 0 Å². The van der Waals surface area contributed by atoms with E-state index in [1.807, 2.05) is 0 Å². The lowest BCUT2D eigenvalue weighted by molar-refractivity contribution is -0.122. The van der Waals surface area contributed by atoms with Crippen molar-refractivity contribution in [3.8, 4) is 0 Å². The molecule has 17 heavy (non-hydrogen) atoms. The molecule has 0 aliphatic heterocycles. The molecule has 102 valence electrons. The fraction of sp³-hybridized carbons (Fsp3) is 0.909. The topological polar surface area (TPSA) is 89.3 Å². The first-order chi connectivity index (χ1) is 7.87. The van der Waals surface area contributed by atoms with E-state index in [9.17, 15) is 13.2 Å². The summed E-state index contributed by atoms with van der Waals surface area (Å²) in [5, 5.41) is 2.72. The first-order valence-electron chi connectivity index (χ1n) is 6.08. The van der Waals surface area contributed by atoms with Gasteiger partial charge in [0.15, 0.2) is 0 Å². The Balaban J connectivity index is 3.68. The Morgan fingerprint density at radius 3 is 2.47 bits per heavy atom. The van der Waals surface area contributed by atoms with Crippen LogP contribution in [0.1, 0.15) is 39.0 Å². The minimum atomic E-state index is -3.05. The van der Waals surface area contributed by atoms with Gasteiger partial charge in [0.2, 0.25) is 5.91 Å². The average Bonchev–Trinajstić information content (AvgIpc) is 2.24. The van der Waals surface area contributed by atoms with Gasteiger partial charge in [0.25, 0.3) is 0 Å². The molecule has 1 atom stereocenters. The van der Waals surface area contributed by atoms with E-state index in [-0.39, 0.29) is 18.1 Å². The summed E-state index contributed by atoms with van der Waals surface area (Å²) < 4.78 is 21.8. The van der Waals surface area contributed by atoms with Crippen LogP contribution in [0.2, 0.25) is 0 Å². The van der Waals surface area contributed by atoms with E-state index in [0.29, 0.717) is 6.54 Å². The lowest BCUT2D eigenvalue weighted by Gasteiger charge is -2.11. The molecule has 5 nitrogen and oxygen atoms in total. The average molecular weight is 264 g/mol. The van der Waals surface area contributed by atoms with Crippen molar-refractivity contribution in [2.75, 3.05) is 18.6 Å². The molecule has 1 amide bonds. The summed E-state index contributed by atoms with van der Waals surface area (Å²) in [5.41, 5.74) is 5.59. The number of rotatable bonds is 9. The normalized spacial score (nSPS) is 13.4. The molecule has 0 fully saturated rings. The van der Waals surface area contributed by atoms with E-state index < -0.39 is 15.9 Å². The summed E-state index contributed by atoms with van der Waals surface area (Å²) in [5.74, 6) is -0.303. The maximum Gasteiger partial charge on any atom is 0.236 e. The Kier molecular flexibility index (Phi) is 8.16. The van der Waals surface area contributed by atoms with Gasteiger partial charge in [-0.05, 0) is 12.8 Å². The summed E-state index contributed by atoms with van der Waals surface area (Å²) >= 11 is 0. The Bertz CT molecular complexity index is 315. The molecule has 0 aliphatic carbocycles. The van der Waals surface area contributed by atoms with Crippen molar-refractivity contribution in [2.45, 2.75) is 45.1 Å². The fourth-order valence-electron chi connectivity index (χ4n) is 1.37. The number of hydrogen-bond donors (Lipinski definition) is 2. The maximum atomic E-state index is 11.5. The molecular formula is C11H24N2O3S. The number of amides is 1. The minimum Gasteiger partial charge on any atom is -0.355 e. The van der Waals surface area contributed by atoms with Crippen LogP contribution in [0.5, 0.6) is 0 Å². The number of sulfone groups is 1. The molecule has 0 radical (unpaired) electrons. The third-order valence-electron chi connectivity index (χ3n) is 2.47. The molecular weight excluding hydrogens is 240 g/mol. The summed E-state index contributed by atoms with van der Waals surface area (Å²) in [4.78, 5) is 11.5. The highest BCUT2D eigenvalue weighted by Crippen LogP contribution is 1.98. The van der Waals surface area contributed by atoms with Gasteiger partial charge in [0, 0.05) is 12.8 Å². The Labute approximate surface area is 104 Å². The molecule has 1 unspecified atom stereocenters. The Morgan fingerprint density at radius 1 is 1.29 bits per heavy atom. The van der Waals surface area contributed by atoms with Crippen molar-refractivity contribution in [3.63, 3.8) is 0 Å². The largest absolute Gasteiger partial charge is 0.355 e. The predicted octanol–water partition coefficient (Wildman–Crippen LogP) is 0.445. The monoisotopic (exact) mass is 264 g/mol. The summed E-state index contributed by atoms with van der Waals surface area (Å²) in [6.45, 7) is 2.74. The van der Waals surface area contributed by atoms with Crippen LogP contribution in [0, 0.1) is 0 Å². The molecule has 0 spiro atoms. The van der Waals surface area contributed by atoms with Crippen LogP contribution >= 0.6 is 0 Å². The van der Waals surface area contributed by atoms with Crippen LogP contribution in [-0.4, -0.2) is 38.9 Å². The van der Waals surface area contributed by atoms with Gasteiger partial charge in [-0.1, -0.05) is 26.2 Å². The van der Waals surface area contributed by atoms with Crippen molar-refractivity contribution < 1.29 is 13.2 Å². The highest BCUT2D eigenvalue weighted by molar-refractivity contribution is 7.90. The molecule has 0 heterocycles. The van der Waals surface area contributed by atoms with Gasteiger partial charge in [0.1, 0.15) is 9.84 Å². The molecule has 0 bridgehead atoms. The van der Waals surface area contributed by atoms with E-state index >= 15 is 0 Å². The number of unbranched alkanes of at least 4 members (excludes halogenated alkanes) is 3. The fourth-order valence-corrected chi connectivity index (χ4v) is 2.05. The van der Waals surface area contributed by atoms with Crippen LogP contribution in [0.25, 0.3) is 0 Å². The zero-order valence-corrected chi connectivity index (χ0v) is 11.6. The van der Waals surface area contributed by atoms with Gasteiger partial charge in [-0.25, -0.2) is 8.42 Å². The van der Waals surface area contributed by atoms with E-state index in [1.54, 1.807) is 0 Å². The van der Waals surface area contributed by atoms with Crippen molar-refractivity contribution in [1.82, 2.24) is 5.32 Å². The van der Waals surface area contributed by atoms with Gasteiger partial charge in [-0.2, -0.15) is 0 Å². The number of carbonyl (C=O) groups is 1. The molecule has 6 heteroatoms. The van der Waals surface area contributed by atoms with Gasteiger partial charge >= 0.3 is 0 Å². The minimum absolute atomic E-state index is 0.0442. The van der Waals surface area contributed by atoms with Crippen LogP contribution in [0.15, 0.2) is 0 Å². The van der Waals surface area contributed by atoms with Crippen LogP contribution in [-0.2, 0) is 14.6 Å². The first-order valence-corrected chi connectivity index (χ1v) is 8.14. The van der Waals surface area contributed by atoms with Gasteiger partial charge < -0.3 is 11.1 Å². The molecule has 0 aromatic carbocycles. The number of carbonyl (C=O) groups excluding carboxylic acids is 1. The quantitative estimate of drug-likeness (QED) is 0.592. The Hall–Kier alpha value is -0.620. The van der Waals surface area contributed by atoms with E-state index in [0.717, 1.165) is 31.9 Å². The summed E-state index contributed by atoms with van der Waals surface area (Å²) in [7, 11) is -3.05. The number of nitrogens with two attached hydrogens (primary N) is 1. The van der Waals surface area contributed by atoms with Crippen molar-refractivity contribution in [1.29, 1.82) is 0 Å². The second-order valence-electron chi connectivity index (χ2n) is 4.38. The molecule has 0 saturated heterocycles. The molecule has 3 N–H and O–H groups in total. The lowest BCUT2D eigenvalue weighted by Crippen LogP contribution is -2.41. The van der Waals surface area contributed by atoms with Crippen LogP contribution < -0.4 is 11.1 Å². The third kappa shape index (κ3) is 10.3. The van der Waals surface area contributed by atoms with Crippen LogP contribution in [0.3, 0.4) is 0 Å². The molecule has 0 aliphatic rings. The van der Waals surface area contributed by atoms with Gasteiger partial charge in [-0.3, -0.25) is 4.79 Å². The number of hydrogen-bond acceptors (Lipinski definition) is 4. The smallest absolute Gasteiger partial charge is 0.236 e. The SMILES string of the molecule is CCCCCCNC(=O)C(N)CCS(C)(=O)=O. The Morgan fingerprint density at radius 2 is 1.94 bits per heavy atom. The molecule has 0 rings (SSSR count). The van der Waals surface area contributed by atoms with Gasteiger partial charge in [0.05, 0.1) is 11.8 Å². The lowest BCUT2D eigenvalue weighted by atomic mass is 10.2. The third-order valence-corrected chi connectivity index (χ3v) is 3.44. The molecule has 0 aromatic rings. The zero-order valence-electron chi connectivity index (χ0n) is 10.7. The summed E-state index contributed by atoms with van der Waals surface area (Å²) in [6.07, 6.45) is 5.67. The van der Waals surface area contributed by atoms with E-state index in [2.05, 4.69) is 12.2 Å². The highest BCUT2D eigenvalue weighted by Gasteiger charge is 2.15. The second kappa shape index (κ2) is 8.47. The van der Waals surface area contributed by atoms with Crippen LogP contribution in [0.4, 0.5) is 0 Å². The van der Waals surface area contributed by atoms with Crippen molar-refractivity contribution >= 4 is 15.7 Å². The number of nitrogens with one attached hydrogen (secondary N) is 1. The predicted molar refractivity (Wildman–Crippen MR) is 69.5 cm³/mol. The molecule has 0 aromatic heterocycles. The van der Waals surface area contributed by atoms with E-state index in [4.69, 9.17) is 5.73 Å². The second-order valence-corrected chi connectivity index (χ2v) is 6.64. The zero-order chi connectivity index (χ0) is 13.3. The summed E-state index contributed by atoms with van der Waals surface area (Å²) in [6, 6.07) is -0.726.